The van der Waals surface area contributed by atoms with Crippen LogP contribution in [0.3, 0.4) is 0 Å². The molecule has 1 aliphatic rings. The van der Waals surface area contributed by atoms with Crippen LogP contribution < -0.4 is 5.73 Å². The summed E-state index contributed by atoms with van der Waals surface area (Å²) >= 11 is 0. The van der Waals surface area contributed by atoms with Gasteiger partial charge in [0.1, 0.15) is 0 Å². The van der Waals surface area contributed by atoms with Crippen molar-refractivity contribution in [1.82, 2.24) is 9.80 Å². The number of likely N-dealkylation sites (tertiary alicyclic amines) is 1. The Kier molecular flexibility index (Phi) is 5.55. The van der Waals surface area contributed by atoms with Crippen LogP contribution in [0.2, 0.25) is 0 Å². The highest BCUT2D eigenvalue weighted by Crippen LogP contribution is 2.19. The van der Waals surface area contributed by atoms with Crippen LogP contribution in [0.15, 0.2) is 24.3 Å². The van der Waals surface area contributed by atoms with Gasteiger partial charge in [0.2, 0.25) is 5.91 Å². The summed E-state index contributed by atoms with van der Waals surface area (Å²) in [6, 6.07) is 7.70. The Morgan fingerprint density at radius 2 is 1.86 bits per heavy atom. The number of carbonyl (C=O) groups is 2. The fraction of sp³-hybridized carbons (Fsp3) is 0.471. The molecule has 2 rings (SSSR count). The van der Waals surface area contributed by atoms with E-state index in [4.69, 9.17) is 5.73 Å². The van der Waals surface area contributed by atoms with Crippen molar-refractivity contribution in [2.75, 3.05) is 26.7 Å². The molecule has 0 bridgehead atoms. The number of primary amides is 1. The summed E-state index contributed by atoms with van der Waals surface area (Å²) in [6.45, 7) is 6.78. The highest BCUT2D eigenvalue weighted by molar-refractivity contribution is 5.94. The molecule has 0 saturated carbocycles. The molecule has 5 heteroatoms. The van der Waals surface area contributed by atoms with Gasteiger partial charge in [0.05, 0.1) is 0 Å². The van der Waals surface area contributed by atoms with Crippen molar-refractivity contribution in [2.45, 2.75) is 19.4 Å². The Balaban J connectivity index is 1.90. The smallest absolute Gasteiger partial charge is 0.253 e. The first-order chi connectivity index (χ1) is 10.5. The molecule has 0 spiro atoms. The van der Waals surface area contributed by atoms with Gasteiger partial charge in [0.15, 0.2) is 0 Å². The lowest BCUT2D eigenvalue weighted by Crippen LogP contribution is -2.38. The van der Waals surface area contributed by atoms with Crippen molar-refractivity contribution in [1.29, 1.82) is 0 Å². The van der Waals surface area contributed by atoms with Crippen molar-refractivity contribution in [3.05, 3.63) is 42.3 Å². The maximum absolute atomic E-state index is 12.0. The summed E-state index contributed by atoms with van der Waals surface area (Å²) in [4.78, 5) is 27.1. The zero-order valence-corrected chi connectivity index (χ0v) is 13.1. The highest BCUT2D eigenvalue weighted by atomic mass is 16.2. The monoisotopic (exact) mass is 302 g/mol. The van der Waals surface area contributed by atoms with Crippen LogP contribution in [-0.4, -0.2) is 48.3 Å². The Hall–Kier alpha value is -1.88. The minimum atomic E-state index is -0.183. The second kappa shape index (κ2) is 7.40. The van der Waals surface area contributed by atoms with Crippen molar-refractivity contribution in [2.24, 2.45) is 11.7 Å². The molecule has 1 aromatic rings. The van der Waals surface area contributed by atoms with Gasteiger partial charge in [0.25, 0.3) is 5.91 Å². The normalized spacial score (nSPS) is 16.5. The molecule has 1 heterocycles. The van der Waals surface area contributed by atoms with E-state index in [-0.39, 0.29) is 17.7 Å². The van der Waals surface area contributed by atoms with Crippen LogP contribution in [-0.2, 0) is 11.3 Å². The quantitative estimate of drug-likeness (QED) is 0.891. The first-order valence-electron chi connectivity index (χ1n) is 7.66. The van der Waals surface area contributed by atoms with Crippen molar-refractivity contribution < 1.29 is 9.59 Å². The number of benzene rings is 1. The van der Waals surface area contributed by atoms with E-state index in [0.717, 1.165) is 32.5 Å². The molecule has 1 fully saturated rings. The van der Waals surface area contributed by atoms with Gasteiger partial charge in [0, 0.05) is 31.6 Å². The average Bonchev–Trinajstić information content (AvgIpc) is 2.54. The summed E-state index contributed by atoms with van der Waals surface area (Å²) in [6.07, 6.45) is 1.67. The maximum Gasteiger partial charge on any atom is 0.253 e. The van der Waals surface area contributed by atoms with E-state index in [1.807, 2.05) is 24.3 Å². The van der Waals surface area contributed by atoms with Gasteiger partial charge in [-0.25, -0.2) is 0 Å². The number of amides is 2. The molecule has 0 unspecified atom stereocenters. The number of hydrogen-bond donors (Lipinski definition) is 1. The third kappa shape index (κ3) is 4.07. The Morgan fingerprint density at radius 1 is 1.27 bits per heavy atom. The van der Waals surface area contributed by atoms with Gasteiger partial charge in [-0.15, -0.1) is 0 Å². The molecule has 2 N–H and O–H groups in total. The summed E-state index contributed by atoms with van der Waals surface area (Å²) in [5, 5.41) is 0. The molecule has 0 aliphatic carbocycles. The van der Waals surface area contributed by atoms with E-state index in [1.54, 1.807) is 11.9 Å². The third-order valence-corrected chi connectivity index (χ3v) is 4.28. The van der Waals surface area contributed by atoms with Crippen LogP contribution in [0.4, 0.5) is 0 Å². The zero-order valence-electron chi connectivity index (χ0n) is 13.1. The van der Waals surface area contributed by atoms with Gasteiger partial charge in [-0.2, -0.15) is 0 Å². The summed E-state index contributed by atoms with van der Waals surface area (Å²) in [5.74, 6) is -0.171. The van der Waals surface area contributed by atoms with E-state index in [0.29, 0.717) is 12.1 Å². The number of rotatable bonds is 5. The largest absolute Gasteiger partial charge is 0.369 e. The van der Waals surface area contributed by atoms with Gasteiger partial charge >= 0.3 is 0 Å². The molecular formula is C17H24N3O2. The first kappa shape index (κ1) is 16.5. The molecule has 119 valence electrons. The fourth-order valence-electron chi connectivity index (χ4n) is 2.71. The number of piperidine rings is 1. The number of nitrogens with zero attached hydrogens (tertiary/aromatic N) is 2. The molecule has 1 aliphatic heterocycles. The molecule has 0 aromatic heterocycles. The van der Waals surface area contributed by atoms with Crippen LogP contribution in [0.1, 0.15) is 28.8 Å². The van der Waals surface area contributed by atoms with Crippen LogP contribution in [0, 0.1) is 12.8 Å². The Bertz CT molecular complexity index is 519. The van der Waals surface area contributed by atoms with Gasteiger partial charge < -0.3 is 10.6 Å². The predicted molar refractivity (Wildman–Crippen MR) is 86.0 cm³/mol. The number of carbonyl (C=O) groups excluding carboxylic acids is 2. The van der Waals surface area contributed by atoms with E-state index < -0.39 is 0 Å². The predicted octanol–water partition coefficient (Wildman–Crippen LogP) is 1.29. The molecule has 5 nitrogen and oxygen atoms in total. The van der Waals surface area contributed by atoms with Crippen molar-refractivity contribution in [3.8, 4) is 0 Å². The molecule has 1 saturated heterocycles. The molecule has 1 radical (unpaired) electrons. The number of hydrogen-bond acceptors (Lipinski definition) is 3. The van der Waals surface area contributed by atoms with E-state index in [9.17, 15) is 9.59 Å². The van der Waals surface area contributed by atoms with Gasteiger partial charge in [-0.05, 0) is 50.6 Å². The Morgan fingerprint density at radius 3 is 2.36 bits per heavy atom. The standard InChI is InChI=1S/C17H24N3O2/c1-3-19(2)17(22)15-6-4-13(5-7-15)12-20-10-8-14(9-11-20)16(18)21/h4-7,14H,1,3,8-12H2,2H3,(H2,18,21). The van der Waals surface area contributed by atoms with Crippen molar-refractivity contribution in [3.63, 3.8) is 0 Å². The van der Waals surface area contributed by atoms with Gasteiger partial charge in [-0.3, -0.25) is 14.5 Å². The zero-order chi connectivity index (χ0) is 16.1. The SMILES string of the molecule is [CH2]CN(C)C(=O)c1ccc(CN2CCC(C(N)=O)CC2)cc1. The maximum atomic E-state index is 12.0. The minimum absolute atomic E-state index is 0.0103. The third-order valence-electron chi connectivity index (χ3n) is 4.28. The second-order valence-electron chi connectivity index (χ2n) is 5.88. The lowest BCUT2D eigenvalue weighted by atomic mass is 9.96. The molecule has 22 heavy (non-hydrogen) atoms. The summed E-state index contributed by atoms with van der Waals surface area (Å²) in [5.41, 5.74) is 7.20. The molecule has 1 aromatic carbocycles. The minimum Gasteiger partial charge on any atom is -0.369 e. The molecule has 2 amide bonds. The second-order valence-corrected chi connectivity index (χ2v) is 5.88. The topological polar surface area (TPSA) is 66.6 Å². The van der Waals surface area contributed by atoms with Crippen LogP contribution >= 0.6 is 0 Å². The lowest BCUT2D eigenvalue weighted by Gasteiger charge is -2.30. The summed E-state index contributed by atoms with van der Waals surface area (Å²) < 4.78 is 0. The van der Waals surface area contributed by atoms with Gasteiger partial charge in [-0.1, -0.05) is 12.1 Å². The molecule has 0 atom stereocenters. The fourth-order valence-corrected chi connectivity index (χ4v) is 2.71. The van der Waals surface area contributed by atoms with Crippen molar-refractivity contribution >= 4 is 11.8 Å². The van der Waals surface area contributed by atoms with E-state index >= 15 is 0 Å². The van der Waals surface area contributed by atoms with Crippen LogP contribution in [0.5, 0.6) is 0 Å². The summed E-state index contributed by atoms with van der Waals surface area (Å²) in [7, 11) is 1.74. The lowest BCUT2D eigenvalue weighted by molar-refractivity contribution is -0.123. The highest BCUT2D eigenvalue weighted by Gasteiger charge is 2.22. The van der Waals surface area contributed by atoms with E-state index in [2.05, 4.69) is 11.8 Å². The Labute approximate surface area is 132 Å². The molecular weight excluding hydrogens is 278 g/mol. The first-order valence-corrected chi connectivity index (χ1v) is 7.66. The van der Waals surface area contributed by atoms with E-state index in [1.165, 1.54) is 5.56 Å². The number of nitrogens with two attached hydrogens (primary N) is 1. The average molecular weight is 302 g/mol. The van der Waals surface area contributed by atoms with Crippen LogP contribution in [0.25, 0.3) is 0 Å².